The van der Waals surface area contributed by atoms with Crippen LogP contribution in [0.3, 0.4) is 0 Å². The molecule has 0 amide bonds. The SMILES string of the molecule is CC1CC1C(O)CN. The van der Waals surface area contributed by atoms with Crippen LogP contribution in [0.4, 0.5) is 0 Å². The quantitative estimate of drug-likeness (QED) is 0.530. The molecule has 1 saturated carbocycles. The first-order valence-corrected chi connectivity index (χ1v) is 3.14. The van der Waals surface area contributed by atoms with E-state index in [1.165, 1.54) is 6.42 Å². The smallest absolute Gasteiger partial charge is 0.0693 e. The number of aliphatic hydroxyl groups is 1. The van der Waals surface area contributed by atoms with Crippen molar-refractivity contribution in [2.24, 2.45) is 17.6 Å². The average molecular weight is 115 g/mol. The van der Waals surface area contributed by atoms with Crippen LogP contribution in [0.5, 0.6) is 0 Å². The fourth-order valence-electron chi connectivity index (χ4n) is 1.06. The Labute approximate surface area is 49.7 Å². The zero-order chi connectivity index (χ0) is 6.15. The van der Waals surface area contributed by atoms with Crippen LogP contribution in [0.2, 0.25) is 0 Å². The van der Waals surface area contributed by atoms with Crippen molar-refractivity contribution in [1.29, 1.82) is 0 Å². The maximum absolute atomic E-state index is 9.04. The number of hydrogen-bond donors (Lipinski definition) is 2. The van der Waals surface area contributed by atoms with Gasteiger partial charge in [-0.15, -0.1) is 0 Å². The van der Waals surface area contributed by atoms with E-state index in [4.69, 9.17) is 10.8 Å². The van der Waals surface area contributed by atoms with Gasteiger partial charge in [0, 0.05) is 6.54 Å². The molecule has 0 bridgehead atoms. The first kappa shape index (κ1) is 6.05. The second-order valence-electron chi connectivity index (χ2n) is 2.68. The lowest BCUT2D eigenvalue weighted by atomic mass is 10.2. The molecular formula is C6H13NO. The predicted octanol–water partition coefficient (Wildman–Crippen LogP) is -0.0380. The van der Waals surface area contributed by atoms with E-state index in [0.717, 1.165) is 0 Å². The Hall–Kier alpha value is -0.0800. The van der Waals surface area contributed by atoms with Crippen molar-refractivity contribution in [3.63, 3.8) is 0 Å². The van der Waals surface area contributed by atoms with Crippen molar-refractivity contribution in [3.05, 3.63) is 0 Å². The van der Waals surface area contributed by atoms with Gasteiger partial charge in [-0.2, -0.15) is 0 Å². The van der Waals surface area contributed by atoms with Gasteiger partial charge in [0.25, 0.3) is 0 Å². The maximum Gasteiger partial charge on any atom is 0.0693 e. The van der Waals surface area contributed by atoms with Gasteiger partial charge in [-0.3, -0.25) is 0 Å². The third-order valence-corrected chi connectivity index (χ3v) is 1.91. The average Bonchev–Trinajstić information content (AvgIpc) is 2.45. The summed E-state index contributed by atoms with van der Waals surface area (Å²) in [4.78, 5) is 0. The maximum atomic E-state index is 9.04. The zero-order valence-corrected chi connectivity index (χ0v) is 5.17. The molecule has 1 aliphatic rings. The summed E-state index contributed by atoms with van der Waals surface area (Å²) in [5, 5.41) is 9.04. The first-order chi connectivity index (χ1) is 3.75. The van der Waals surface area contributed by atoms with Crippen molar-refractivity contribution in [2.45, 2.75) is 19.4 Å². The molecule has 1 fully saturated rings. The minimum atomic E-state index is -0.231. The van der Waals surface area contributed by atoms with Gasteiger partial charge < -0.3 is 10.8 Å². The van der Waals surface area contributed by atoms with Gasteiger partial charge in [0.15, 0.2) is 0 Å². The molecule has 0 aliphatic heterocycles. The van der Waals surface area contributed by atoms with Crippen LogP contribution in [0.1, 0.15) is 13.3 Å². The molecule has 1 aliphatic carbocycles. The Morgan fingerprint density at radius 2 is 2.38 bits per heavy atom. The Kier molecular flexibility index (Phi) is 1.54. The van der Waals surface area contributed by atoms with Crippen molar-refractivity contribution in [1.82, 2.24) is 0 Å². The Bertz CT molecular complexity index is 82.6. The van der Waals surface area contributed by atoms with E-state index in [1.807, 2.05) is 0 Å². The molecule has 0 aromatic heterocycles. The second kappa shape index (κ2) is 2.03. The topological polar surface area (TPSA) is 46.2 Å². The van der Waals surface area contributed by atoms with Crippen LogP contribution in [0, 0.1) is 11.8 Å². The van der Waals surface area contributed by atoms with E-state index in [0.29, 0.717) is 18.4 Å². The summed E-state index contributed by atoms with van der Waals surface area (Å²) in [6.07, 6.45) is 0.934. The van der Waals surface area contributed by atoms with Crippen LogP contribution in [-0.2, 0) is 0 Å². The summed E-state index contributed by atoms with van der Waals surface area (Å²) < 4.78 is 0. The van der Waals surface area contributed by atoms with Gasteiger partial charge in [0.05, 0.1) is 6.10 Å². The molecule has 0 saturated heterocycles. The normalized spacial score (nSPS) is 39.4. The van der Waals surface area contributed by atoms with Gasteiger partial charge in [0.1, 0.15) is 0 Å². The summed E-state index contributed by atoms with van der Waals surface area (Å²) in [5.74, 6) is 1.23. The van der Waals surface area contributed by atoms with Crippen LogP contribution >= 0.6 is 0 Å². The lowest BCUT2D eigenvalue weighted by Crippen LogP contribution is -2.22. The molecule has 0 heterocycles. The minimum absolute atomic E-state index is 0.231. The van der Waals surface area contributed by atoms with Crippen molar-refractivity contribution in [2.75, 3.05) is 6.54 Å². The monoisotopic (exact) mass is 115 g/mol. The summed E-state index contributed by atoms with van der Waals surface area (Å²) in [6.45, 7) is 2.57. The van der Waals surface area contributed by atoms with E-state index in [2.05, 4.69) is 6.92 Å². The molecule has 3 atom stereocenters. The molecular weight excluding hydrogens is 102 g/mol. The second-order valence-corrected chi connectivity index (χ2v) is 2.68. The van der Waals surface area contributed by atoms with E-state index < -0.39 is 0 Å². The Morgan fingerprint density at radius 3 is 2.50 bits per heavy atom. The number of nitrogens with two attached hydrogens (primary N) is 1. The summed E-state index contributed by atoms with van der Waals surface area (Å²) in [6, 6.07) is 0. The fourth-order valence-corrected chi connectivity index (χ4v) is 1.06. The zero-order valence-electron chi connectivity index (χ0n) is 5.17. The van der Waals surface area contributed by atoms with Crippen LogP contribution < -0.4 is 5.73 Å². The molecule has 0 radical (unpaired) electrons. The van der Waals surface area contributed by atoms with Crippen molar-refractivity contribution in [3.8, 4) is 0 Å². The fraction of sp³-hybridized carbons (Fsp3) is 1.00. The third kappa shape index (κ3) is 1.01. The molecule has 8 heavy (non-hydrogen) atoms. The molecule has 2 nitrogen and oxygen atoms in total. The lowest BCUT2D eigenvalue weighted by molar-refractivity contribution is 0.154. The molecule has 3 unspecified atom stereocenters. The van der Waals surface area contributed by atoms with E-state index in [-0.39, 0.29) is 6.10 Å². The Balaban J connectivity index is 2.18. The van der Waals surface area contributed by atoms with Crippen LogP contribution in [0.25, 0.3) is 0 Å². The standard InChI is InChI=1S/C6H13NO/c1-4-2-5(4)6(8)3-7/h4-6,8H,2-3,7H2,1H3. The highest BCUT2D eigenvalue weighted by Gasteiger charge is 2.37. The van der Waals surface area contributed by atoms with Gasteiger partial charge in [-0.05, 0) is 18.3 Å². The van der Waals surface area contributed by atoms with Gasteiger partial charge in [0.2, 0.25) is 0 Å². The van der Waals surface area contributed by atoms with Gasteiger partial charge >= 0.3 is 0 Å². The Morgan fingerprint density at radius 1 is 1.88 bits per heavy atom. The molecule has 0 spiro atoms. The number of hydrogen-bond acceptors (Lipinski definition) is 2. The third-order valence-electron chi connectivity index (χ3n) is 1.91. The highest BCUT2D eigenvalue weighted by molar-refractivity contribution is 4.88. The van der Waals surface area contributed by atoms with Crippen LogP contribution in [0.15, 0.2) is 0 Å². The number of rotatable bonds is 2. The van der Waals surface area contributed by atoms with E-state index in [1.54, 1.807) is 0 Å². The molecule has 2 heteroatoms. The lowest BCUT2D eigenvalue weighted by Gasteiger charge is -2.02. The molecule has 3 N–H and O–H groups in total. The highest BCUT2D eigenvalue weighted by atomic mass is 16.3. The highest BCUT2D eigenvalue weighted by Crippen LogP contribution is 2.39. The predicted molar refractivity (Wildman–Crippen MR) is 32.3 cm³/mol. The van der Waals surface area contributed by atoms with Crippen LogP contribution in [-0.4, -0.2) is 17.8 Å². The van der Waals surface area contributed by atoms with Gasteiger partial charge in [-0.25, -0.2) is 0 Å². The van der Waals surface area contributed by atoms with E-state index in [9.17, 15) is 0 Å². The summed E-state index contributed by atoms with van der Waals surface area (Å²) in [5.41, 5.74) is 5.23. The largest absolute Gasteiger partial charge is 0.392 e. The van der Waals surface area contributed by atoms with Crippen molar-refractivity contribution < 1.29 is 5.11 Å². The minimum Gasteiger partial charge on any atom is -0.392 e. The first-order valence-electron chi connectivity index (χ1n) is 3.14. The summed E-state index contributed by atoms with van der Waals surface area (Å²) >= 11 is 0. The van der Waals surface area contributed by atoms with Gasteiger partial charge in [-0.1, -0.05) is 6.92 Å². The molecule has 1 rings (SSSR count). The van der Waals surface area contributed by atoms with Crippen molar-refractivity contribution >= 4 is 0 Å². The molecule has 48 valence electrons. The molecule has 0 aromatic carbocycles. The number of aliphatic hydroxyl groups excluding tert-OH is 1. The summed E-state index contributed by atoms with van der Waals surface area (Å²) in [7, 11) is 0. The molecule has 0 aromatic rings. The van der Waals surface area contributed by atoms with E-state index >= 15 is 0 Å².